The van der Waals surface area contributed by atoms with Crippen LogP contribution in [0.4, 0.5) is 4.79 Å². The van der Waals surface area contributed by atoms with E-state index in [1.54, 1.807) is 0 Å². The van der Waals surface area contributed by atoms with Gasteiger partial charge in [0.2, 0.25) is 5.91 Å². The van der Waals surface area contributed by atoms with E-state index in [1.807, 2.05) is 6.92 Å². The van der Waals surface area contributed by atoms with Gasteiger partial charge in [0, 0.05) is 12.3 Å². The first kappa shape index (κ1) is 8.70. The van der Waals surface area contributed by atoms with Crippen molar-refractivity contribution in [2.24, 2.45) is 16.6 Å². The number of primary amides is 1. The molecule has 0 saturated heterocycles. The highest BCUT2D eigenvalue weighted by Gasteiger charge is 2.25. The molecule has 1 aliphatic heterocycles. The number of urea groups is 1. The minimum absolute atomic E-state index is 0.279. The minimum Gasteiger partial charge on any atom is -0.369 e. The molecule has 5 nitrogen and oxygen atoms in total. The Balaban J connectivity index is 2.84. The second-order valence-corrected chi connectivity index (χ2v) is 2.60. The van der Waals surface area contributed by atoms with E-state index in [9.17, 15) is 9.59 Å². The molecule has 5 heteroatoms. The number of rotatable bonds is 2. The van der Waals surface area contributed by atoms with Crippen molar-refractivity contribution in [2.75, 3.05) is 6.54 Å². The summed E-state index contributed by atoms with van der Waals surface area (Å²) in [6, 6.07) is -0.385. The fraction of sp³-hybridized carbons (Fsp3) is 0.571. The number of carbonyl (C=O) groups excluding carboxylic acids is 2. The van der Waals surface area contributed by atoms with Crippen LogP contribution in [0.25, 0.3) is 0 Å². The maximum atomic E-state index is 10.8. The number of amides is 3. The molecular weight excluding hydrogens is 158 g/mol. The Morgan fingerprint density at radius 3 is 3.00 bits per heavy atom. The molecule has 0 spiro atoms. The summed E-state index contributed by atoms with van der Waals surface area (Å²) in [7, 11) is 0. The number of hydrogen-bond acceptors (Lipinski definition) is 2. The van der Waals surface area contributed by atoms with Gasteiger partial charge in [-0.15, -0.1) is 0 Å². The van der Waals surface area contributed by atoms with Gasteiger partial charge in [-0.25, -0.2) is 9.79 Å². The molecule has 0 aromatic carbocycles. The Labute approximate surface area is 70.0 Å². The number of hydrogen-bond donors (Lipinski definition) is 2. The number of aliphatic imine (C=N–C) groups is 1. The topological polar surface area (TPSA) is 84.6 Å². The molecule has 0 aromatic rings. The molecule has 0 saturated carbocycles. The summed E-state index contributed by atoms with van der Waals surface area (Å²) in [5, 5.41) is 2.45. The van der Waals surface area contributed by atoms with Gasteiger partial charge in [0.05, 0.1) is 5.92 Å². The highest BCUT2D eigenvalue weighted by molar-refractivity contribution is 6.09. The van der Waals surface area contributed by atoms with Crippen LogP contribution in [0.15, 0.2) is 4.99 Å². The fourth-order valence-electron chi connectivity index (χ4n) is 1.15. The lowest BCUT2D eigenvalue weighted by molar-refractivity contribution is -0.119. The molecule has 66 valence electrons. The molecule has 0 fully saturated rings. The standard InChI is InChI=1S/C7H11N3O2/c1-2-5-4(6(8)11)3-9-7(12)10-5/h4H,2-3H2,1H3,(H2,8,11)(H,9,12). The SMILES string of the molecule is CCC1=NC(=O)NCC1C(N)=O. The Morgan fingerprint density at radius 1 is 1.83 bits per heavy atom. The lowest BCUT2D eigenvalue weighted by Gasteiger charge is -2.19. The molecule has 1 heterocycles. The normalized spacial score (nSPS) is 22.9. The summed E-state index contributed by atoms with van der Waals surface area (Å²) in [5.74, 6) is -0.858. The summed E-state index contributed by atoms with van der Waals surface area (Å²) in [6.45, 7) is 2.12. The number of nitrogens with zero attached hydrogens (tertiary/aromatic N) is 1. The van der Waals surface area contributed by atoms with E-state index in [4.69, 9.17) is 5.73 Å². The highest BCUT2D eigenvalue weighted by Crippen LogP contribution is 2.06. The summed E-state index contributed by atoms with van der Waals surface area (Å²) in [4.78, 5) is 25.2. The summed E-state index contributed by atoms with van der Waals surface area (Å²) >= 11 is 0. The van der Waals surface area contributed by atoms with Crippen molar-refractivity contribution >= 4 is 17.6 Å². The van der Waals surface area contributed by atoms with Crippen molar-refractivity contribution in [3.8, 4) is 0 Å². The van der Waals surface area contributed by atoms with E-state index < -0.39 is 11.8 Å². The van der Waals surface area contributed by atoms with Gasteiger partial charge in [-0.1, -0.05) is 6.92 Å². The summed E-state index contributed by atoms with van der Waals surface area (Å²) < 4.78 is 0. The molecule has 1 atom stereocenters. The second-order valence-electron chi connectivity index (χ2n) is 2.60. The van der Waals surface area contributed by atoms with Gasteiger partial charge < -0.3 is 11.1 Å². The average molecular weight is 169 g/mol. The number of nitrogens with one attached hydrogen (secondary N) is 1. The Bertz CT molecular complexity index is 247. The van der Waals surface area contributed by atoms with E-state index in [1.165, 1.54) is 0 Å². The molecule has 0 bridgehead atoms. The zero-order valence-electron chi connectivity index (χ0n) is 6.83. The Morgan fingerprint density at radius 2 is 2.50 bits per heavy atom. The van der Waals surface area contributed by atoms with Crippen LogP contribution < -0.4 is 11.1 Å². The van der Waals surface area contributed by atoms with E-state index >= 15 is 0 Å². The predicted molar refractivity (Wildman–Crippen MR) is 43.8 cm³/mol. The van der Waals surface area contributed by atoms with E-state index in [-0.39, 0.29) is 12.6 Å². The van der Waals surface area contributed by atoms with E-state index in [0.717, 1.165) is 0 Å². The van der Waals surface area contributed by atoms with Gasteiger partial charge >= 0.3 is 6.03 Å². The van der Waals surface area contributed by atoms with E-state index in [0.29, 0.717) is 12.1 Å². The van der Waals surface area contributed by atoms with Crippen LogP contribution in [0, 0.1) is 5.92 Å². The van der Waals surface area contributed by atoms with Crippen LogP contribution in [0.1, 0.15) is 13.3 Å². The predicted octanol–water partition coefficient (Wildman–Crippen LogP) is -0.338. The third-order valence-electron chi connectivity index (χ3n) is 1.81. The van der Waals surface area contributed by atoms with Crippen molar-refractivity contribution < 1.29 is 9.59 Å². The highest BCUT2D eigenvalue weighted by atomic mass is 16.2. The van der Waals surface area contributed by atoms with Crippen LogP contribution in [-0.4, -0.2) is 24.2 Å². The zero-order valence-corrected chi connectivity index (χ0v) is 6.83. The number of carbonyl (C=O) groups is 2. The van der Waals surface area contributed by atoms with Gasteiger partial charge in [0.25, 0.3) is 0 Å². The smallest absolute Gasteiger partial charge is 0.340 e. The first-order chi connectivity index (χ1) is 5.65. The van der Waals surface area contributed by atoms with E-state index in [2.05, 4.69) is 10.3 Å². The summed E-state index contributed by atoms with van der Waals surface area (Å²) in [6.07, 6.45) is 0.584. The van der Waals surface area contributed by atoms with Gasteiger partial charge in [-0.3, -0.25) is 4.79 Å². The van der Waals surface area contributed by atoms with Crippen molar-refractivity contribution in [3.63, 3.8) is 0 Å². The van der Waals surface area contributed by atoms with Crippen LogP contribution >= 0.6 is 0 Å². The van der Waals surface area contributed by atoms with Gasteiger partial charge in [0.1, 0.15) is 0 Å². The molecule has 3 N–H and O–H groups in total. The molecule has 0 radical (unpaired) electrons. The third kappa shape index (κ3) is 1.61. The van der Waals surface area contributed by atoms with Crippen LogP contribution in [0.2, 0.25) is 0 Å². The lowest BCUT2D eigenvalue weighted by atomic mass is 9.99. The van der Waals surface area contributed by atoms with Crippen molar-refractivity contribution in [3.05, 3.63) is 0 Å². The van der Waals surface area contributed by atoms with Crippen molar-refractivity contribution in [1.82, 2.24) is 5.32 Å². The Kier molecular flexibility index (Phi) is 2.42. The van der Waals surface area contributed by atoms with Crippen molar-refractivity contribution in [1.29, 1.82) is 0 Å². The van der Waals surface area contributed by atoms with Crippen LogP contribution in [-0.2, 0) is 4.79 Å². The second kappa shape index (κ2) is 3.34. The number of nitrogens with two attached hydrogens (primary N) is 1. The summed E-state index contributed by atoms with van der Waals surface area (Å²) in [5.41, 5.74) is 5.68. The molecule has 12 heavy (non-hydrogen) atoms. The molecular formula is C7H11N3O2. The van der Waals surface area contributed by atoms with Gasteiger partial charge in [0.15, 0.2) is 0 Å². The average Bonchev–Trinajstić information content (AvgIpc) is 2.03. The monoisotopic (exact) mass is 169 g/mol. The molecule has 0 aliphatic carbocycles. The molecule has 1 aliphatic rings. The fourth-order valence-corrected chi connectivity index (χ4v) is 1.15. The van der Waals surface area contributed by atoms with Crippen LogP contribution in [0.3, 0.4) is 0 Å². The maximum Gasteiger partial charge on any atom is 0.340 e. The van der Waals surface area contributed by atoms with Gasteiger partial charge in [-0.05, 0) is 6.42 Å². The minimum atomic E-state index is -0.435. The molecule has 1 rings (SSSR count). The molecule has 0 aromatic heterocycles. The van der Waals surface area contributed by atoms with Crippen molar-refractivity contribution in [2.45, 2.75) is 13.3 Å². The first-order valence-electron chi connectivity index (χ1n) is 3.79. The molecule has 1 unspecified atom stereocenters. The van der Waals surface area contributed by atoms with Crippen LogP contribution in [0.5, 0.6) is 0 Å². The maximum absolute atomic E-state index is 10.8. The third-order valence-corrected chi connectivity index (χ3v) is 1.81. The molecule has 3 amide bonds. The van der Waals surface area contributed by atoms with Gasteiger partial charge in [-0.2, -0.15) is 0 Å². The Hall–Kier alpha value is -1.39. The quantitative estimate of drug-likeness (QED) is 0.592. The zero-order chi connectivity index (χ0) is 9.14. The first-order valence-corrected chi connectivity index (χ1v) is 3.79. The largest absolute Gasteiger partial charge is 0.369 e. The lowest BCUT2D eigenvalue weighted by Crippen LogP contribution is -2.44.